The van der Waals surface area contributed by atoms with Crippen LogP contribution >= 0.6 is 34.8 Å². The van der Waals surface area contributed by atoms with E-state index in [1.54, 1.807) is 0 Å². The van der Waals surface area contributed by atoms with E-state index in [9.17, 15) is 0 Å². The quantitative estimate of drug-likeness (QED) is 0.570. The molecule has 0 bridgehead atoms. The average molecular weight is 410 g/mol. The number of hydrogen-bond donors (Lipinski definition) is 0. The molecular formula is C18H12AsCl3. The maximum atomic E-state index is 6.47. The summed E-state index contributed by atoms with van der Waals surface area (Å²) in [4.78, 5) is 0. The van der Waals surface area contributed by atoms with Crippen molar-refractivity contribution in [3.05, 3.63) is 87.9 Å². The van der Waals surface area contributed by atoms with Crippen molar-refractivity contribution in [1.82, 2.24) is 0 Å². The minimum absolute atomic E-state index is 0.766. The molecule has 0 N–H and O–H groups in total. The summed E-state index contributed by atoms with van der Waals surface area (Å²) in [5.74, 6) is 0. The molecule has 0 aliphatic rings. The molecule has 0 aliphatic carbocycles. The molecule has 4 heteroatoms. The second-order valence-corrected chi connectivity index (χ2v) is 10.4. The Morgan fingerprint density at radius 3 is 1.00 bits per heavy atom. The molecule has 0 nitrogen and oxygen atoms in total. The summed E-state index contributed by atoms with van der Waals surface area (Å²) in [6.07, 6.45) is 0. The second-order valence-electron chi connectivity index (χ2n) is 4.69. The van der Waals surface area contributed by atoms with E-state index < -0.39 is 14.7 Å². The van der Waals surface area contributed by atoms with Gasteiger partial charge in [-0.1, -0.05) is 0 Å². The number of hydrogen-bond acceptors (Lipinski definition) is 0. The van der Waals surface area contributed by atoms with Gasteiger partial charge >= 0.3 is 150 Å². The van der Waals surface area contributed by atoms with E-state index >= 15 is 0 Å². The molecule has 0 unspecified atom stereocenters. The summed E-state index contributed by atoms with van der Waals surface area (Å²) in [7, 11) is 0. The van der Waals surface area contributed by atoms with Crippen LogP contribution < -0.4 is 13.1 Å². The van der Waals surface area contributed by atoms with Gasteiger partial charge in [0, 0.05) is 0 Å². The van der Waals surface area contributed by atoms with Crippen LogP contribution in [-0.4, -0.2) is 14.7 Å². The SMILES string of the molecule is Clc1ccccc1[As](c1ccccc1Cl)c1ccccc1Cl. The van der Waals surface area contributed by atoms with Gasteiger partial charge in [-0.05, 0) is 0 Å². The Bertz CT molecular complexity index is 693. The fourth-order valence-electron chi connectivity index (χ4n) is 2.29. The maximum absolute atomic E-state index is 6.47. The molecule has 0 heterocycles. The predicted octanol–water partition coefficient (Wildman–Crippen LogP) is 4.16. The van der Waals surface area contributed by atoms with Crippen LogP contribution in [0.15, 0.2) is 72.8 Å². The molecular weight excluding hydrogens is 397 g/mol. The molecule has 0 amide bonds. The third-order valence-corrected chi connectivity index (χ3v) is 10.6. The first kappa shape index (κ1) is 16.0. The number of halogens is 3. The van der Waals surface area contributed by atoms with Gasteiger partial charge in [-0.15, -0.1) is 0 Å². The number of benzene rings is 3. The van der Waals surface area contributed by atoms with Gasteiger partial charge in [0.25, 0.3) is 0 Å². The van der Waals surface area contributed by atoms with E-state index in [0.717, 1.165) is 28.1 Å². The zero-order valence-electron chi connectivity index (χ0n) is 11.5. The standard InChI is InChI=1S/C18H12AsCl3/c20-16-10-4-1-7-13(16)19(14-8-2-5-11-17(14)21)15-9-3-6-12-18(15)22/h1-12H. The van der Waals surface area contributed by atoms with Gasteiger partial charge < -0.3 is 0 Å². The molecule has 3 aromatic rings. The van der Waals surface area contributed by atoms with E-state index in [4.69, 9.17) is 34.8 Å². The summed E-state index contributed by atoms with van der Waals surface area (Å²) < 4.78 is 3.41. The first-order chi connectivity index (χ1) is 10.7. The molecule has 0 radical (unpaired) electrons. The van der Waals surface area contributed by atoms with Gasteiger partial charge in [0.2, 0.25) is 0 Å². The monoisotopic (exact) mass is 408 g/mol. The Morgan fingerprint density at radius 2 is 0.727 bits per heavy atom. The summed E-state index contributed by atoms with van der Waals surface area (Å²) in [6.45, 7) is 0. The molecule has 110 valence electrons. The molecule has 3 aromatic carbocycles. The minimum atomic E-state index is -1.91. The summed E-state index contributed by atoms with van der Waals surface area (Å²) >= 11 is 17.5. The van der Waals surface area contributed by atoms with Crippen molar-refractivity contribution in [2.75, 3.05) is 0 Å². The van der Waals surface area contributed by atoms with Gasteiger partial charge in [-0.2, -0.15) is 0 Å². The molecule has 0 atom stereocenters. The van der Waals surface area contributed by atoms with Crippen LogP contribution in [-0.2, 0) is 0 Å². The van der Waals surface area contributed by atoms with Crippen LogP contribution in [0.25, 0.3) is 0 Å². The zero-order chi connectivity index (χ0) is 15.5. The Balaban J connectivity index is 2.27. The van der Waals surface area contributed by atoms with Crippen molar-refractivity contribution < 1.29 is 0 Å². The fraction of sp³-hybridized carbons (Fsp3) is 0. The van der Waals surface area contributed by atoms with Gasteiger partial charge in [0.1, 0.15) is 0 Å². The van der Waals surface area contributed by atoms with Crippen LogP contribution in [0.3, 0.4) is 0 Å². The van der Waals surface area contributed by atoms with Gasteiger partial charge in [0.05, 0.1) is 0 Å². The first-order valence-corrected chi connectivity index (χ1v) is 10.7. The average Bonchev–Trinajstić information content (AvgIpc) is 2.53. The Hall–Kier alpha value is -0.912. The van der Waals surface area contributed by atoms with Crippen molar-refractivity contribution in [3.63, 3.8) is 0 Å². The summed E-state index contributed by atoms with van der Waals surface area (Å²) in [5.41, 5.74) is 0. The van der Waals surface area contributed by atoms with Crippen LogP contribution in [0.1, 0.15) is 0 Å². The van der Waals surface area contributed by atoms with Crippen molar-refractivity contribution in [2.45, 2.75) is 0 Å². The molecule has 0 saturated carbocycles. The predicted molar refractivity (Wildman–Crippen MR) is 99.0 cm³/mol. The Kier molecular flexibility index (Phi) is 5.16. The van der Waals surface area contributed by atoms with Gasteiger partial charge in [-0.3, -0.25) is 0 Å². The molecule has 0 fully saturated rings. The van der Waals surface area contributed by atoms with E-state index in [-0.39, 0.29) is 0 Å². The second kappa shape index (κ2) is 7.11. The fourth-order valence-corrected chi connectivity index (χ4v) is 8.94. The van der Waals surface area contributed by atoms with Gasteiger partial charge in [0.15, 0.2) is 0 Å². The molecule has 3 rings (SSSR count). The zero-order valence-corrected chi connectivity index (χ0v) is 15.7. The Morgan fingerprint density at radius 1 is 0.455 bits per heavy atom. The van der Waals surface area contributed by atoms with Crippen molar-refractivity contribution >= 4 is 62.5 Å². The molecule has 0 aliphatic heterocycles. The van der Waals surface area contributed by atoms with Crippen LogP contribution in [0.5, 0.6) is 0 Å². The number of rotatable bonds is 3. The van der Waals surface area contributed by atoms with Crippen LogP contribution in [0.4, 0.5) is 0 Å². The molecule has 22 heavy (non-hydrogen) atoms. The van der Waals surface area contributed by atoms with Crippen LogP contribution in [0.2, 0.25) is 15.1 Å². The Labute approximate surface area is 149 Å². The third kappa shape index (κ3) is 3.21. The van der Waals surface area contributed by atoms with E-state index in [1.165, 1.54) is 0 Å². The van der Waals surface area contributed by atoms with Crippen molar-refractivity contribution in [2.24, 2.45) is 0 Å². The van der Waals surface area contributed by atoms with E-state index in [2.05, 4.69) is 18.2 Å². The van der Waals surface area contributed by atoms with Crippen LogP contribution in [0, 0.1) is 0 Å². The normalized spacial score (nSPS) is 10.9. The first-order valence-electron chi connectivity index (χ1n) is 6.72. The molecule has 0 saturated heterocycles. The topological polar surface area (TPSA) is 0 Å². The molecule has 0 spiro atoms. The molecule has 0 aromatic heterocycles. The van der Waals surface area contributed by atoms with E-state index in [1.807, 2.05) is 54.6 Å². The third-order valence-electron chi connectivity index (χ3n) is 3.28. The summed E-state index contributed by atoms with van der Waals surface area (Å²) in [6, 6.07) is 23.9. The summed E-state index contributed by atoms with van der Waals surface area (Å²) in [5, 5.41) is 2.30. The van der Waals surface area contributed by atoms with Crippen molar-refractivity contribution in [3.8, 4) is 0 Å². The van der Waals surface area contributed by atoms with Gasteiger partial charge in [-0.25, -0.2) is 0 Å². The van der Waals surface area contributed by atoms with Crippen molar-refractivity contribution in [1.29, 1.82) is 0 Å². The van der Waals surface area contributed by atoms with E-state index in [0.29, 0.717) is 0 Å².